The molecule has 2 aromatic heterocycles. The van der Waals surface area contributed by atoms with E-state index in [0.29, 0.717) is 11.3 Å². The molecule has 0 fully saturated rings. The van der Waals surface area contributed by atoms with E-state index in [1.54, 1.807) is 17.8 Å². The number of hydrogen-bond acceptors (Lipinski definition) is 4. The van der Waals surface area contributed by atoms with E-state index in [1.807, 2.05) is 54.7 Å². The fourth-order valence-electron chi connectivity index (χ4n) is 3.48. The van der Waals surface area contributed by atoms with Crippen LogP contribution in [0, 0.1) is 0 Å². The van der Waals surface area contributed by atoms with Crippen molar-refractivity contribution < 1.29 is 4.42 Å². The molecule has 0 unspecified atom stereocenters. The van der Waals surface area contributed by atoms with Gasteiger partial charge in [-0.3, -0.25) is 4.98 Å². The van der Waals surface area contributed by atoms with Crippen LogP contribution < -0.4 is 5.63 Å². The standard InChI is InChI=1S/C23H15NO2S/c25-22-13-16(14-27-21-11-12-24-19-8-4-3-7-18(19)21)23-17-6-2-1-5-15(17)9-10-20(23)26-22/h1-13H,14H2. The molecule has 0 spiro atoms. The van der Waals surface area contributed by atoms with Crippen molar-refractivity contribution in [1.82, 2.24) is 4.98 Å². The van der Waals surface area contributed by atoms with Crippen molar-refractivity contribution in [3.05, 3.63) is 95.0 Å². The molecule has 0 aliphatic rings. The number of pyridine rings is 1. The maximum Gasteiger partial charge on any atom is 0.336 e. The Labute approximate surface area is 159 Å². The fraction of sp³-hybridized carbons (Fsp3) is 0.0435. The Bertz CT molecular complexity index is 1350. The van der Waals surface area contributed by atoms with Crippen LogP contribution in [0.5, 0.6) is 0 Å². The van der Waals surface area contributed by atoms with Gasteiger partial charge in [0, 0.05) is 33.7 Å². The predicted molar refractivity (Wildman–Crippen MR) is 111 cm³/mol. The molecule has 0 amide bonds. The molecular weight excluding hydrogens is 354 g/mol. The van der Waals surface area contributed by atoms with Crippen molar-refractivity contribution in [1.29, 1.82) is 0 Å². The van der Waals surface area contributed by atoms with Crippen LogP contribution in [-0.4, -0.2) is 4.98 Å². The molecule has 0 saturated carbocycles. The summed E-state index contributed by atoms with van der Waals surface area (Å²) in [5.41, 5.74) is 2.29. The molecule has 5 aromatic rings. The van der Waals surface area contributed by atoms with E-state index < -0.39 is 0 Å². The van der Waals surface area contributed by atoms with E-state index in [9.17, 15) is 4.79 Å². The topological polar surface area (TPSA) is 43.1 Å². The molecular formula is C23H15NO2S. The molecule has 0 atom stereocenters. The highest BCUT2D eigenvalue weighted by Crippen LogP contribution is 2.33. The third-order valence-corrected chi connectivity index (χ3v) is 5.83. The van der Waals surface area contributed by atoms with Crippen LogP contribution in [0.15, 0.2) is 93.1 Å². The van der Waals surface area contributed by atoms with E-state index in [-0.39, 0.29) is 5.63 Å². The summed E-state index contributed by atoms with van der Waals surface area (Å²) in [6, 6.07) is 23.8. The smallest absolute Gasteiger partial charge is 0.336 e. The number of thioether (sulfide) groups is 1. The average Bonchev–Trinajstić information content (AvgIpc) is 2.71. The molecule has 0 N–H and O–H groups in total. The lowest BCUT2D eigenvalue weighted by Crippen LogP contribution is -2.00. The second kappa shape index (κ2) is 6.56. The first-order valence-corrected chi connectivity index (χ1v) is 9.69. The van der Waals surface area contributed by atoms with Gasteiger partial charge < -0.3 is 4.42 Å². The highest BCUT2D eigenvalue weighted by Gasteiger charge is 2.11. The first-order chi connectivity index (χ1) is 13.3. The van der Waals surface area contributed by atoms with Crippen molar-refractivity contribution in [2.75, 3.05) is 0 Å². The quantitative estimate of drug-likeness (QED) is 0.229. The second-order valence-electron chi connectivity index (χ2n) is 6.37. The maximum atomic E-state index is 12.1. The van der Waals surface area contributed by atoms with Gasteiger partial charge in [-0.05, 0) is 34.5 Å². The van der Waals surface area contributed by atoms with Crippen molar-refractivity contribution in [3.63, 3.8) is 0 Å². The summed E-state index contributed by atoms with van der Waals surface area (Å²) in [4.78, 5) is 17.7. The number of rotatable bonds is 3. The number of benzene rings is 3. The third-order valence-electron chi connectivity index (χ3n) is 4.71. The normalized spacial score (nSPS) is 11.4. The van der Waals surface area contributed by atoms with Gasteiger partial charge in [0.25, 0.3) is 0 Å². The lowest BCUT2D eigenvalue weighted by Gasteiger charge is -2.10. The Morgan fingerprint density at radius 1 is 0.889 bits per heavy atom. The maximum absolute atomic E-state index is 12.1. The molecule has 0 bridgehead atoms. The van der Waals surface area contributed by atoms with E-state index in [2.05, 4.69) is 23.2 Å². The SMILES string of the molecule is O=c1cc(CSc2ccnc3ccccc23)c2c(ccc3ccccc32)o1. The number of aromatic nitrogens is 1. The zero-order valence-electron chi connectivity index (χ0n) is 14.4. The van der Waals surface area contributed by atoms with E-state index >= 15 is 0 Å². The zero-order valence-corrected chi connectivity index (χ0v) is 15.2. The van der Waals surface area contributed by atoms with Gasteiger partial charge in [-0.25, -0.2) is 4.79 Å². The van der Waals surface area contributed by atoms with Crippen LogP contribution in [0.3, 0.4) is 0 Å². The zero-order chi connectivity index (χ0) is 18.2. The Kier molecular flexibility index (Phi) is 3.91. The van der Waals surface area contributed by atoms with Gasteiger partial charge in [0.05, 0.1) is 5.52 Å². The lowest BCUT2D eigenvalue weighted by atomic mass is 10.0. The van der Waals surface area contributed by atoms with Crippen LogP contribution in [-0.2, 0) is 5.75 Å². The molecule has 0 aliphatic heterocycles. The van der Waals surface area contributed by atoms with Gasteiger partial charge in [-0.1, -0.05) is 48.5 Å². The summed E-state index contributed by atoms with van der Waals surface area (Å²) < 4.78 is 5.46. The van der Waals surface area contributed by atoms with Crippen LogP contribution in [0.2, 0.25) is 0 Å². The van der Waals surface area contributed by atoms with Crippen LogP contribution >= 0.6 is 11.8 Å². The molecule has 2 heterocycles. The van der Waals surface area contributed by atoms with Gasteiger partial charge in [0.2, 0.25) is 0 Å². The van der Waals surface area contributed by atoms with E-state index in [4.69, 9.17) is 4.42 Å². The average molecular weight is 369 g/mol. The molecule has 27 heavy (non-hydrogen) atoms. The summed E-state index contributed by atoms with van der Waals surface area (Å²) >= 11 is 1.71. The van der Waals surface area contributed by atoms with Gasteiger partial charge in [0.1, 0.15) is 5.58 Å². The first kappa shape index (κ1) is 16.1. The van der Waals surface area contributed by atoms with E-state index in [0.717, 1.165) is 37.5 Å². The van der Waals surface area contributed by atoms with Crippen molar-refractivity contribution in [2.24, 2.45) is 0 Å². The third kappa shape index (κ3) is 2.88. The molecule has 3 nitrogen and oxygen atoms in total. The fourth-order valence-corrected chi connectivity index (χ4v) is 4.51. The minimum Gasteiger partial charge on any atom is -0.423 e. The highest BCUT2D eigenvalue weighted by molar-refractivity contribution is 7.98. The van der Waals surface area contributed by atoms with Crippen molar-refractivity contribution >= 4 is 44.4 Å². The molecule has 3 aromatic carbocycles. The van der Waals surface area contributed by atoms with E-state index in [1.165, 1.54) is 0 Å². The van der Waals surface area contributed by atoms with Gasteiger partial charge in [-0.2, -0.15) is 0 Å². The summed E-state index contributed by atoms with van der Waals surface area (Å²) in [6.45, 7) is 0. The number of nitrogens with zero attached hydrogens (tertiary/aromatic N) is 1. The van der Waals surface area contributed by atoms with Crippen LogP contribution in [0.25, 0.3) is 32.6 Å². The monoisotopic (exact) mass is 369 g/mol. The van der Waals surface area contributed by atoms with Crippen molar-refractivity contribution in [2.45, 2.75) is 10.6 Å². The second-order valence-corrected chi connectivity index (χ2v) is 7.38. The highest BCUT2D eigenvalue weighted by atomic mass is 32.2. The number of hydrogen-bond donors (Lipinski definition) is 0. The molecule has 0 radical (unpaired) electrons. The Morgan fingerprint density at radius 3 is 2.63 bits per heavy atom. The van der Waals surface area contributed by atoms with Crippen molar-refractivity contribution in [3.8, 4) is 0 Å². The largest absolute Gasteiger partial charge is 0.423 e. The summed E-state index contributed by atoms with van der Waals surface area (Å²) in [5.74, 6) is 0.685. The molecule has 0 aliphatic carbocycles. The predicted octanol–water partition coefficient (Wildman–Crippen LogP) is 5.79. The molecule has 0 saturated heterocycles. The lowest BCUT2D eigenvalue weighted by molar-refractivity contribution is 0.560. The molecule has 5 rings (SSSR count). The molecule has 4 heteroatoms. The van der Waals surface area contributed by atoms with Gasteiger partial charge in [0.15, 0.2) is 0 Å². The Balaban J connectivity index is 1.64. The minimum absolute atomic E-state index is 0.312. The van der Waals surface area contributed by atoms with Crippen LogP contribution in [0.1, 0.15) is 5.56 Å². The summed E-state index contributed by atoms with van der Waals surface area (Å²) in [6.07, 6.45) is 1.83. The van der Waals surface area contributed by atoms with Gasteiger partial charge in [-0.15, -0.1) is 11.8 Å². The Hall–Kier alpha value is -3.11. The first-order valence-electron chi connectivity index (χ1n) is 8.71. The van der Waals surface area contributed by atoms with Gasteiger partial charge >= 0.3 is 5.63 Å². The van der Waals surface area contributed by atoms with Crippen LogP contribution in [0.4, 0.5) is 0 Å². The number of para-hydroxylation sites is 1. The number of fused-ring (bicyclic) bond motifs is 4. The minimum atomic E-state index is -0.312. The molecule has 130 valence electrons. The summed E-state index contributed by atoms with van der Waals surface area (Å²) in [7, 11) is 0. The Morgan fingerprint density at radius 2 is 1.70 bits per heavy atom. The summed E-state index contributed by atoms with van der Waals surface area (Å²) in [5, 5.41) is 4.38.